The number of benzene rings is 2. The minimum atomic E-state index is 0.313. The Labute approximate surface area is 114 Å². The van der Waals surface area contributed by atoms with E-state index in [2.05, 4.69) is 53.8 Å². The fraction of sp³-hybridized carbons (Fsp3) is 0.294. The third kappa shape index (κ3) is 2.42. The summed E-state index contributed by atoms with van der Waals surface area (Å²) >= 11 is 0. The topological polar surface area (TPSA) is 38.0 Å². The monoisotopic (exact) mass is 252 g/mol. The summed E-state index contributed by atoms with van der Waals surface area (Å²) < 4.78 is 0. The van der Waals surface area contributed by atoms with Gasteiger partial charge in [0, 0.05) is 0 Å². The van der Waals surface area contributed by atoms with Crippen molar-refractivity contribution >= 4 is 0 Å². The van der Waals surface area contributed by atoms with Crippen molar-refractivity contribution in [1.82, 2.24) is 5.32 Å². The van der Waals surface area contributed by atoms with Gasteiger partial charge in [-0.15, -0.1) is 0 Å². The maximum absolute atomic E-state index is 5.59. The van der Waals surface area contributed by atoms with Crippen molar-refractivity contribution in [2.24, 2.45) is 5.73 Å². The molecule has 0 bridgehead atoms. The number of hydrogen-bond acceptors (Lipinski definition) is 2. The first kappa shape index (κ1) is 12.4. The molecule has 0 spiro atoms. The second-order valence-corrected chi connectivity index (χ2v) is 5.10. The first-order chi connectivity index (χ1) is 9.40. The second-order valence-electron chi connectivity index (χ2n) is 5.10. The molecule has 0 heterocycles. The van der Waals surface area contributed by atoms with Gasteiger partial charge in [0.1, 0.15) is 0 Å². The molecule has 0 aliphatic heterocycles. The first-order valence-electron chi connectivity index (χ1n) is 6.99. The highest BCUT2D eigenvalue weighted by atomic mass is 14.9. The molecule has 2 aromatic rings. The van der Waals surface area contributed by atoms with Crippen molar-refractivity contribution in [1.29, 1.82) is 0 Å². The summed E-state index contributed by atoms with van der Waals surface area (Å²) in [6.45, 7) is 1.70. The summed E-state index contributed by atoms with van der Waals surface area (Å²) in [5, 5.41) is 3.65. The van der Waals surface area contributed by atoms with Gasteiger partial charge in [-0.25, -0.2) is 0 Å². The summed E-state index contributed by atoms with van der Waals surface area (Å²) in [6.07, 6.45) is 2.06. The normalized spacial score (nSPS) is 13.9. The number of fused-ring (bicyclic) bond motifs is 2. The Morgan fingerprint density at radius 2 is 1.53 bits per heavy atom. The molecule has 19 heavy (non-hydrogen) atoms. The summed E-state index contributed by atoms with van der Waals surface area (Å²) in [5.41, 5.74) is 11.3. The van der Waals surface area contributed by atoms with Crippen molar-refractivity contribution in [2.45, 2.75) is 18.9 Å². The zero-order chi connectivity index (χ0) is 13.1. The fourth-order valence-corrected chi connectivity index (χ4v) is 2.89. The number of rotatable bonds is 4. The Balaban J connectivity index is 1.96. The van der Waals surface area contributed by atoms with E-state index in [-0.39, 0.29) is 0 Å². The molecular formula is C17H20N2. The summed E-state index contributed by atoms with van der Waals surface area (Å²) in [7, 11) is 0. The van der Waals surface area contributed by atoms with Gasteiger partial charge in [-0.05, 0) is 48.2 Å². The minimum absolute atomic E-state index is 0.313. The smallest absolute Gasteiger partial charge is 0.0582 e. The highest BCUT2D eigenvalue weighted by Crippen LogP contribution is 2.34. The SMILES string of the molecule is NCCCNC1c2ccccc2Cc2ccccc21. The van der Waals surface area contributed by atoms with E-state index in [4.69, 9.17) is 5.73 Å². The van der Waals surface area contributed by atoms with Crippen molar-refractivity contribution in [2.75, 3.05) is 13.1 Å². The van der Waals surface area contributed by atoms with Gasteiger partial charge in [0.2, 0.25) is 0 Å². The maximum Gasteiger partial charge on any atom is 0.0582 e. The van der Waals surface area contributed by atoms with Crippen LogP contribution in [0.25, 0.3) is 0 Å². The molecule has 0 radical (unpaired) electrons. The predicted octanol–water partition coefficient (Wildman–Crippen LogP) is 2.62. The second kappa shape index (κ2) is 5.55. The van der Waals surface area contributed by atoms with E-state index in [1.807, 2.05) is 0 Å². The highest BCUT2D eigenvalue weighted by Gasteiger charge is 2.23. The van der Waals surface area contributed by atoms with E-state index >= 15 is 0 Å². The van der Waals surface area contributed by atoms with Crippen LogP contribution in [0.3, 0.4) is 0 Å². The van der Waals surface area contributed by atoms with Gasteiger partial charge in [0.05, 0.1) is 6.04 Å². The van der Waals surface area contributed by atoms with Gasteiger partial charge in [-0.3, -0.25) is 0 Å². The molecule has 0 fully saturated rings. The molecule has 3 N–H and O–H groups in total. The zero-order valence-corrected chi connectivity index (χ0v) is 11.1. The van der Waals surface area contributed by atoms with Gasteiger partial charge in [0.15, 0.2) is 0 Å². The van der Waals surface area contributed by atoms with E-state index in [1.165, 1.54) is 22.3 Å². The van der Waals surface area contributed by atoms with E-state index in [1.54, 1.807) is 0 Å². The van der Waals surface area contributed by atoms with E-state index in [0.29, 0.717) is 6.04 Å². The van der Waals surface area contributed by atoms with Gasteiger partial charge < -0.3 is 11.1 Å². The van der Waals surface area contributed by atoms with E-state index < -0.39 is 0 Å². The highest BCUT2D eigenvalue weighted by molar-refractivity contribution is 5.48. The fourth-order valence-electron chi connectivity index (χ4n) is 2.89. The molecule has 0 unspecified atom stereocenters. The molecular weight excluding hydrogens is 232 g/mol. The molecule has 1 aliphatic rings. The van der Waals surface area contributed by atoms with Gasteiger partial charge >= 0.3 is 0 Å². The Bertz CT molecular complexity index is 517. The largest absolute Gasteiger partial charge is 0.330 e. The van der Waals surface area contributed by atoms with Crippen LogP contribution in [0.2, 0.25) is 0 Å². The van der Waals surface area contributed by atoms with Crippen LogP contribution in [0.4, 0.5) is 0 Å². The molecule has 0 saturated carbocycles. The molecule has 2 heteroatoms. The maximum atomic E-state index is 5.59. The molecule has 2 nitrogen and oxygen atoms in total. The standard InChI is InChI=1S/C17H20N2/c18-10-5-11-19-17-15-8-3-1-6-13(15)12-14-7-2-4-9-16(14)17/h1-4,6-9,17,19H,5,10-12,18H2. The van der Waals surface area contributed by atoms with Crippen LogP contribution in [0.5, 0.6) is 0 Å². The van der Waals surface area contributed by atoms with Crippen molar-refractivity contribution in [3.63, 3.8) is 0 Å². The Kier molecular flexibility index (Phi) is 3.62. The van der Waals surface area contributed by atoms with Gasteiger partial charge in [0.25, 0.3) is 0 Å². The lowest BCUT2D eigenvalue weighted by atomic mass is 9.82. The average Bonchev–Trinajstić information content (AvgIpc) is 2.46. The van der Waals surface area contributed by atoms with E-state index in [9.17, 15) is 0 Å². The summed E-state index contributed by atoms with van der Waals surface area (Å²) in [5.74, 6) is 0. The van der Waals surface area contributed by atoms with E-state index in [0.717, 1.165) is 25.9 Å². The molecule has 0 saturated heterocycles. The lowest BCUT2D eigenvalue weighted by Crippen LogP contribution is -2.29. The lowest BCUT2D eigenvalue weighted by Gasteiger charge is -2.29. The van der Waals surface area contributed by atoms with Crippen LogP contribution in [-0.4, -0.2) is 13.1 Å². The zero-order valence-electron chi connectivity index (χ0n) is 11.1. The van der Waals surface area contributed by atoms with Crippen LogP contribution in [0.15, 0.2) is 48.5 Å². The summed E-state index contributed by atoms with van der Waals surface area (Å²) in [6, 6.07) is 17.8. The van der Waals surface area contributed by atoms with Crippen LogP contribution < -0.4 is 11.1 Å². The molecule has 98 valence electrons. The lowest BCUT2D eigenvalue weighted by molar-refractivity contribution is 0.574. The molecule has 2 aromatic carbocycles. The molecule has 3 rings (SSSR count). The van der Waals surface area contributed by atoms with Crippen LogP contribution in [-0.2, 0) is 6.42 Å². The quantitative estimate of drug-likeness (QED) is 0.821. The Morgan fingerprint density at radius 1 is 0.947 bits per heavy atom. The average molecular weight is 252 g/mol. The van der Waals surface area contributed by atoms with Crippen molar-refractivity contribution in [3.05, 3.63) is 70.8 Å². The molecule has 1 aliphatic carbocycles. The molecule has 0 amide bonds. The van der Waals surface area contributed by atoms with Crippen molar-refractivity contribution in [3.8, 4) is 0 Å². The Morgan fingerprint density at radius 3 is 2.11 bits per heavy atom. The Hall–Kier alpha value is -1.64. The predicted molar refractivity (Wildman–Crippen MR) is 79.2 cm³/mol. The van der Waals surface area contributed by atoms with Gasteiger partial charge in [-0.1, -0.05) is 48.5 Å². The number of hydrogen-bond donors (Lipinski definition) is 2. The van der Waals surface area contributed by atoms with Crippen LogP contribution >= 0.6 is 0 Å². The minimum Gasteiger partial charge on any atom is -0.330 e. The third-order valence-corrected chi connectivity index (χ3v) is 3.84. The third-order valence-electron chi connectivity index (χ3n) is 3.84. The molecule has 0 aromatic heterocycles. The molecule has 0 atom stereocenters. The first-order valence-corrected chi connectivity index (χ1v) is 6.99. The van der Waals surface area contributed by atoms with Gasteiger partial charge in [-0.2, -0.15) is 0 Å². The number of nitrogens with one attached hydrogen (secondary N) is 1. The van der Waals surface area contributed by atoms with Crippen LogP contribution in [0.1, 0.15) is 34.7 Å². The van der Waals surface area contributed by atoms with Crippen LogP contribution in [0, 0.1) is 0 Å². The van der Waals surface area contributed by atoms with Crippen molar-refractivity contribution < 1.29 is 0 Å². The summed E-state index contributed by atoms with van der Waals surface area (Å²) in [4.78, 5) is 0. The number of nitrogens with two attached hydrogens (primary N) is 1.